The van der Waals surface area contributed by atoms with Crippen molar-refractivity contribution in [3.8, 4) is 0 Å². The lowest BCUT2D eigenvalue weighted by molar-refractivity contribution is -0.134. The summed E-state index contributed by atoms with van der Waals surface area (Å²) in [5, 5.41) is 5.88. The summed E-state index contributed by atoms with van der Waals surface area (Å²) in [6, 6.07) is 4.81. The number of carbonyl (C=O) groups excluding carboxylic acids is 1. The Labute approximate surface area is 118 Å². The van der Waals surface area contributed by atoms with E-state index in [2.05, 4.69) is 10.6 Å². The van der Waals surface area contributed by atoms with E-state index in [0.717, 1.165) is 12.1 Å². The van der Waals surface area contributed by atoms with Crippen molar-refractivity contribution < 1.29 is 13.9 Å². The predicted octanol–water partition coefficient (Wildman–Crippen LogP) is 1.16. The predicted molar refractivity (Wildman–Crippen MR) is 72.8 cm³/mol. The number of benzene rings is 1. The van der Waals surface area contributed by atoms with Crippen molar-refractivity contribution in [1.29, 1.82) is 0 Å². The van der Waals surface area contributed by atoms with Crippen molar-refractivity contribution in [2.24, 2.45) is 0 Å². The van der Waals surface area contributed by atoms with E-state index in [4.69, 9.17) is 4.74 Å². The van der Waals surface area contributed by atoms with Crippen LogP contribution < -0.4 is 10.6 Å². The van der Waals surface area contributed by atoms with Crippen molar-refractivity contribution in [2.45, 2.75) is 19.6 Å². The van der Waals surface area contributed by atoms with E-state index >= 15 is 0 Å². The van der Waals surface area contributed by atoms with Crippen LogP contribution in [-0.2, 0) is 16.1 Å². The molecule has 0 saturated carbocycles. The van der Waals surface area contributed by atoms with Crippen LogP contribution in [-0.4, -0.2) is 31.7 Å². The molecule has 1 aromatic carbocycles. The number of halogens is 2. The summed E-state index contributed by atoms with van der Waals surface area (Å²) in [4.78, 5) is 11.8. The van der Waals surface area contributed by atoms with E-state index in [1.54, 1.807) is 19.1 Å². The first-order chi connectivity index (χ1) is 8.66. The maximum atomic E-state index is 13.1. The molecule has 0 spiro atoms. The average Bonchev–Trinajstić information content (AvgIpc) is 2.41. The van der Waals surface area contributed by atoms with Crippen LogP contribution in [0.1, 0.15) is 11.1 Å². The topological polar surface area (TPSA) is 50.4 Å². The first-order valence-electron chi connectivity index (χ1n) is 6.02. The second-order valence-electron chi connectivity index (χ2n) is 4.36. The summed E-state index contributed by atoms with van der Waals surface area (Å²) in [6.07, 6.45) is -0.430. The lowest BCUT2D eigenvalue weighted by atomic mass is 10.1. The largest absolute Gasteiger partial charge is 0.366 e. The smallest absolute Gasteiger partial charge is 0.250 e. The van der Waals surface area contributed by atoms with Gasteiger partial charge in [-0.25, -0.2) is 4.39 Å². The maximum absolute atomic E-state index is 13.1. The number of carbonyl (C=O) groups is 1. The van der Waals surface area contributed by atoms with Gasteiger partial charge in [-0.05, 0) is 24.1 Å². The van der Waals surface area contributed by atoms with Crippen molar-refractivity contribution in [3.05, 3.63) is 35.1 Å². The molecule has 1 aliphatic rings. The number of ether oxygens (including phenoxy) is 1. The Hall–Kier alpha value is -1.17. The average molecular weight is 289 g/mol. The summed E-state index contributed by atoms with van der Waals surface area (Å²) < 4.78 is 18.4. The van der Waals surface area contributed by atoms with E-state index in [1.165, 1.54) is 6.07 Å². The molecule has 0 aromatic heterocycles. The molecule has 1 aromatic rings. The highest BCUT2D eigenvalue weighted by molar-refractivity contribution is 5.85. The van der Waals surface area contributed by atoms with Crippen LogP contribution in [0.15, 0.2) is 18.2 Å². The molecule has 1 heterocycles. The molecular formula is C13H18ClFN2O2. The van der Waals surface area contributed by atoms with Gasteiger partial charge in [0.05, 0.1) is 6.61 Å². The second-order valence-corrected chi connectivity index (χ2v) is 4.36. The third-order valence-corrected chi connectivity index (χ3v) is 2.91. The van der Waals surface area contributed by atoms with Crippen LogP contribution in [0.4, 0.5) is 4.39 Å². The van der Waals surface area contributed by atoms with Crippen molar-refractivity contribution in [3.63, 3.8) is 0 Å². The van der Waals surface area contributed by atoms with Gasteiger partial charge in [-0.15, -0.1) is 12.4 Å². The molecule has 4 nitrogen and oxygen atoms in total. The monoisotopic (exact) mass is 288 g/mol. The fourth-order valence-corrected chi connectivity index (χ4v) is 1.85. The Balaban J connectivity index is 0.00000180. The van der Waals surface area contributed by atoms with Crippen LogP contribution in [0.3, 0.4) is 0 Å². The molecule has 1 amide bonds. The fraction of sp³-hybridized carbons (Fsp3) is 0.462. The molecule has 2 rings (SSSR count). The SMILES string of the molecule is Cc1cc(CNC(=O)C2CNCCO2)ccc1F.Cl. The highest BCUT2D eigenvalue weighted by Gasteiger charge is 2.21. The molecule has 0 aliphatic carbocycles. The molecule has 2 N–H and O–H groups in total. The van der Waals surface area contributed by atoms with E-state index in [0.29, 0.717) is 25.3 Å². The minimum atomic E-state index is -0.430. The Morgan fingerprint density at radius 1 is 1.58 bits per heavy atom. The van der Waals surface area contributed by atoms with Gasteiger partial charge in [0, 0.05) is 19.6 Å². The van der Waals surface area contributed by atoms with Gasteiger partial charge in [-0.1, -0.05) is 12.1 Å². The number of hydrogen-bond donors (Lipinski definition) is 2. The number of nitrogens with one attached hydrogen (secondary N) is 2. The number of amides is 1. The molecular weight excluding hydrogens is 271 g/mol. The van der Waals surface area contributed by atoms with Gasteiger partial charge in [0.2, 0.25) is 0 Å². The van der Waals surface area contributed by atoms with Gasteiger partial charge in [0.15, 0.2) is 0 Å². The third kappa shape index (κ3) is 4.45. The maximum Gasteiger partial charge on any atom is 0.250 e. The lowest BCUT2D eigenvalue weighted by Crippen LogP contribution is -2.47. The molecule has 106 valence electrons. The van der Waals surface area contributed by atoms with Crippen molar-refractivity contribution >= 4 is 18.3 Å². The highest BCUT2D eigenvalue weighted by Crippen LogP contribution is 2.09. The fourth-order valence-electron chi connectivity index (χ4n) is 1.85. The zero-order valence-electron chi connectivity index (χ0n) is 10.7. The Kier molecular flexibility index (Phi) is 6.21. The highest BCUT2D eigenvalue weighted by atomic mass is 35.5. The van der Waals surface area contributed by atoms with Gasteiger partial charge >= 0.3 is 0 Å². The van der Waals surface area contributed by atoms with Gasteiger partial charge in [-0.2, -0.15) is 0 Å². The number of rotatable bonds is 3. The molecule has 1 saturated heterocycles. The van der Waals surface area contributed by atoms with Gasteiger partial charge in [0.1, 0.15) is 11.9 Å². The van der Waals surface area contributed by atoms with Crippen LogP contribution in [0.5, 0.6) is 0 Å². The van der Waals surface area contributed by atoms with E-state index in [9.17, 15) is 9.18 Å². The zero-order chi connectivity index (χ0) is 13.0. The number of morpholine rings is 1. The van der Waals surface area contributed by atoms with Crippen LogP contribution in [0.25, 0.3) is 0 Å². The summed E-state index contributed by atoms with van der Waals surface area (Å²) in [6.45, 7) is 3.96. The van der Waals surface area contributed by atoms with Gasteiger partial charge in [0.25, 0.3) is 5.91 Å². The molecule has 0 bridgehead atoms. The Morgan fingerprint density at radius 2 is 2.37 bits per heavy atom. The van der Waals surface area contributed by atoms with Crippen LogP contribution >= 0.6 is 12.4 Å². The van der Waals surface area contributed by atoms with Crippen LogP contribution in [0.2, 0.25) is 0 Å². The van der Waals surface area contributed by atoms with Crippen molar-refractivity contribution in [1.82, 2.24) is 10.6 Å². The molecule has 1 unspecified atom stereocenters. The van der Waals surface area contributed by atoms with E-state index in [-0.39, 0.29) is 24.1 Å². The van der Waals surface area contributed by atoms with Crippen LogP contribution in [0, 0.1) is 12.7 Å². The number of hydrogen-bond acceptors (Lipinski definition) is 3. The molecule has 1 aliphatic heterocycles. The summed E-state index contributed by atoms with van der Waals surface area (Å²) in [7, 11) is 0. The molecule has 1 fully saturated rings. The minimum absolute atomic E-state index is 0. The third-order valence-electron chi connectivity index (χ3n) is 2.91. The molecule has 1 atom stereocenters. The minimum Gasteiger partial charge on any atom is -0.366 e. The summed E-state index contributed by atoms with van der Waals surface area (Å²) >= 11 is 0. The zero-order valence-corrected chi connectivity index (χ0v) is 11.6. The van der Waals surface area contributed by atoms with Gasteiger partial charge in [-0.3, -0.25) is 4.79 Å². The van der Waals surface area contributed by atoms with Gasteiger partial charge < -0.3 is 15.4 Å². The second kappa shape index (κ2) is 7.43. The summed E-state index contributed by atoms with van der Waals surface area (Å²) in [5.41, 5.74) is 1.46. The molecule has 0 radical (unpaired) electrons. The molecule has 19 heavy (non-hydrogen) atoms. The van der Waals surface area contributed by atoms with E-state index < -0.39 is 6.10 Å². The van der Waals surface area contributed by atoms with E-state index in [1.807, 2.05) is 0 Å². The Bertz CT molecular complexity index is 437. The first kappa shape index (κ1) is 15.9. The molecule has 6 heteroatoms. The normalized spacial score (nSPS) is 18.5. The first-order valence-corrected chi connectivity index (χ1v) is 6.02. The Morgan fingerprint density at radius 3 is 3.00 bits per heavy atom. The standard InChI is InChI=1S/C13H17FN2O2.ClH/c1-9-6-10(2-3-11(9)14)7-16-13(17)12-8-15-4-5-18-12;/h2-3,6,12,15H,4-5,7-8H2,1H3,(H,16,17);1H. The summed E-state index contributed by atoms with van der Waals surface area (Å²) in [5.74, 6) is -0.367. The van der Waals surface area contributed by atoms with Crippen molar-refractivity contribution in [2.75, 3.05) is 19.7 Å². The quantitative estimate of drug-likeness (QED) is 0.878. The lowest BCUT2D eigenvalue weighted by Gasteiger charge is -2.22. The number of aryl methyl sites for hydroxylation is 1.